The molecule has 0 unspecified atom stereocenters. The van der Waals surface area contributed by atoms with Crippen molar-refractivity contribution in [2.75, 3.05) is 11.8 Å². The SMILES string of the molecule is COc1ccc(C(C)(C)C)cc1S(=O)(=O)Nc1ncccc1C. The molecule has 0 amide bonds. The van der Waals surface area contributed by atoms with Crippen molar-refractivity contribution in [3.8, 4) is 5.75 Å². The summed E-state index contributed by atoms with van der Waals surface area (Å²) in [5.41, 5.74) is 1.50. The minimum Gasteiger partial charge on any atom is -0.495 e. The molecule has 0 spiro atoms. The van der Waals surface area contributed by atoms with Crippen molar-refractivity contribution in [2.24, 2.45) is 0 Å². The van der Waals surface area contributed by atoms with Crippen molar-refractivity contribution in [2.45, 2.75) is 38.0 Å². The molecule has 0 aliphatic carbocycles. The summed E-state index contributed by atoms with van der Waals surface area (Å²) in [5.74, 6) is 0.620. The predicted octanol–water partition coefficient (Wildman–Crippen LogP) is 3.50. The molecule has 0 saturated heterocycles. The molecular weight excluding hydrogens is 312 g/mol. The molecule has 0 aliphatic rings. The first-order valence-electron chi connectivity index (χ1n) is 7.28. The number of anilines is 1. The minimum atomic E-state index is -3.80. The van der Waals surface area contributed by atoms with Crippen LogP contribution < -0.4 is 9.46 Å². The van der Waals surface area contributed by atoms with Crippen molar-refractivity contribution < 1.29 is 13.2 Å². The van der Waals surface area contributed by atoms with E-state index in [0.29, 0.717) is 11.6 Å². The van der Waals surface area contributed by atoms with E-state index in [1.807, 2.05) is 26.8 Å². The Morgan fingerprint density at radius 2 is 1.87 bits per heavy atom. The number of sulfonamides is 1. The van der Waals surface area contributed by atoms with E-state index in [-0.39, 0.29) is 10.3 Å². The van der Waals surface area contributed by atoms with Gasteiger partial charge in [-0.25, -0.2) is 13.4 Å². The number of benzene rings is 1. The lowest BCUT2D eigenvalue weighted by atomic mass is 9.87. The quantitative estimate of drug-likeness (QED) is 0.929. The molecule has 0 fully saturated rings. The third kappa shape index (κ3) is 3.82. The number of hydrogen-bond acceptors (Lipinski definition) is 4. The lowest BCUT2D eigenvalue weighted by Crippen LogP contribution is -2.18. The van der Waals surface area contributed by atoms with Gasteiger partial charge in [-0.05, 0) is 41.7 Å². The third-order valence-electron chi connectivity index (χ3n) is 3.56. The number of nitrogens with zero attached hydrogens (tertiary/aromatic N) is 1. The highest BCUT2D eigenvalue weighted by atomic mass is 32.2. The molecule has 1 heterocycles. The van der Waals surface area contributed by atoms with Gasteiger partial charge in [-0.1, -0.05) is 32.9 Å². The smallest absolute Gasteiger partial charge is 0.266 e. The second-order valence-electron chi connectivity index (χ2n) is 6.39. The molecule has 0 radical (unpaired) electrons. The monoisotopic (exact) mass is 334 g/mol. The molecule has 0 saturated carbocycles. The molecule has 1 aromatic heterocycles. The predicted molar refractivity (Wildman–Crippen MR) is 91.5 cm³/mol. The van der Waals surface area contributed by atoms with Crippen molar-refractivity contribution >= 4 is 15.8 Å². The van der Waals surface area contributed by atoms with Gasteiger partial charge in [-0.2, -0.15) is 0 Å². The summed E-state index contributed by atoms with van der Waals surface area (Å²) in [6.07, 6.45) is 1.55. The first-order chi connectivity index (χ1) is 10.6. The number of methoxy groups -OCH3 is 1. The first-order valence-corrected chi connectivity index (χ1v) is 8.76. The van der Waals surface area contributed by atoms with Gasteiger partial charge < -0.3 is 4.74 Å². The van der Waals surface area contributed by atoms with Gasteiger partial charge in [0.05, 0.1) is 7.11 Å². The average molecular weight is 334 g/mol. The molecule has 6 heteroatoms. The fourth-order valence-electron chi connectivity index (χ4n) is 2.13. The Bertz CT molecular complexity index is 809. The summed E-state index contributed by atoms with van der Waals surface area (Å²) in [7, 11) is -2.34. The fourth-order valence-corrected chi connectivity index (χ4v) is 3.40. The molecule has 2 aromatic rings. The third-order valence-corrected chi connectivity index (χ3v) is 4.92. The zero-order chi connectivity index (χ0) is 17.3. The molecule has 1 aromatic carbocycles. The van der Waals surface area contributed by atoms with Gasteiger partial charge in [0.2, 0.25) is 0 Å². The molecule has 23 heavy (non-hydrogen) atoms. The van der Waals surface area contributed by atoms with Crippen molar-refractivity contribution in [3.05, 3.63) is 47.7 Å². The lowest BCUT2D eigenvalue weighted by molar-refractivity contribution is 0.402. The molecular formula is C17H22N2O3S. The molecule has 0 atom stereocenters. The largest absolute Gasteiger partial charge is 0.495 e. The number of aromatic nitrogens is 1. The second kappa shape index (κ2) is 6.20. The fraction of sp³-hybridized carbons (Fsp3) is 0.353. The van der Waals surface area contributed by atoms with Crippen LogP contribution in [0.1, 0.15) is 31.9 Å². The van der Waals surface area contributed by atoms with Crippen LogP contribution in [0.2, 0.25) is 0 Å². The Balaban J connectivity index is 2.52. The summed E-state index contributed by atoms with van der Waals surface area (Å²) in [6, 6.07) is 8.77. The Morgan fingerprint density at radius 3 is 2.43 bits per heavy atom. The summed E-state index contributed by atoms with van der Waals surface area (Å²) >= 11 is 0. The molecule has 124 valence electrons. The van der Waals surface area contributed by atoms with Crippen LogP contribution >= 0.6 is 0 Å². The molecule has 1 N–H and O–H groups in total. The topological polar surface area (TPSA) is 68.3 Å². The zero-order valence-electron chi connectivity index (χ0n) is 14.0. The number of rotatable bonds is 4. The van der Waals surface area contributed by atoms with Crippen LogP contribution in [0.25, 0.3) is 0 Å². The van der Waals surface area contributed by atoms with Gasteiger partial charge in [0.1, 0.15) is 16.5 Å². The maximum atomic E-state index is 12.8. The van der Waals surface area contributed by atoms with E-state index < -0.39 is 10.0 Å². The van der Waals surface area contributed by atoms with Crippen LogP contribution in [-0.4, -0.2) is 20.5 Å². The van der Waals surface area contributed by atoms with Crippen molar-refractivity contribution in [1.82, 2.24) is 4.98 Å². The summed E-state index contributed by atoms with van der Waals surface area (Å²) in [4.78, 5) is 4.19. The molecule has 5 nitrogen and oxygen atoms in total. The van der Waals surface area contributed by atoms with Crippen LogP contribution in [-0.2, 0) is 15.4 Å². The summed E-state index contributed by atoms with van der Waals surface area (Å²) < 4.78 is 33.3. The zero-order valence-corrected chi connectivity index (χ0v) is 14.9. The normalized spacial score (nSPS) is 12.0. The van der Waals surface area contributed by atoms with E-state index in [2.05, 4.69) is 9.71 Å². The van der Waals surface area contributed by atoms with Crippen molar-refractivity contribution in [3.63, 3.8) is 0 Å². The van der Waals surface area contributed by atoms with E-state index in [1.54, 1.807) is 37.4 Å². The maximum absolute atomic E-state index is 12.8. The van der Waals surface area contributed by atoms with Gasteiger partial charge in [0.25, 0.3) is 10.0 Å². The first kappa shape index (κ1) is 17.3. The van der Waals surface area contributed by atoms with E-state index in [9.17, 15) is 8.42 Å². The number of pyridine rings is 1. The Hall–Kier alpha value is -2.08. The summed E-state index contributed by atoms with van der Waals surface area (Å²) in [5, 5.41) is 0. The van der Waals surface area contributed by atoms with Gasteiger partial charge in [0.15, 0.2) is 0 Å². The number of nitrogens with one attached hydrogen (secondary N) is 1. The molecule has 0 bridgehead atoms. The average Bonchev–Trinajstić information content (AvgIpc) is 2.48. The molecule has 2 rings (SSSR count). The van der Waals surface area contributed by atoms with Crippen LogP contribution in [0, 0.1) is 6.92 Å². The summed E-state index contributed by atoms with van der Waals surface area (Å²) in [6.45, 7) is 7.89. The molecule has 0 aliphatic heterocycles. The Morgan fingerprint density at radius 1 is 1.17 bits per heavy atom. The minimum absolute atomic E-state index is 0.109. The van der Waals surface area contributed by atoms with Gasteiger partial charge in [-0.15, -0.1) is 0 Å². The van der Waals surface area contributed by atoms with Crippen LogP contribution in [0.5, 0.6) is 5.75 Å². The van der Waals surface area contributed by atoms with Gasteiger partial charge in [-0.3, -0.25) is 4.72 Å². The van der Waals surface area contributed by atoms with Crippen LogP contribution in [0.15, 0.2) is 41.4 Å². The second-order valence-corrected chi connectivity index (χ2v) is 8.04. The highest BCUT2D eigenvalue weighted by Crippen LogP contribution is 2.31. The standard InChI is InChI=1S/C17H22N2O3S/c1-12-7-6-10-18-16(12)19-23(20,21)15-11-13(17(2,3)4)8-9-14(15)22-5/h6-11H,1-5H3,(H,18,19). The van der Waals surface area contributed by atoms with Gasteiger partial charge >= 0.3 is 0 Å². The number of ether oxygens (including phenoxy) is 1. The van der Waals surface area contributed by atoms with E-state index >= 15 is 0 Å². The van der Waals surface area contributed by atoms with Crippen molar-refractivity contribution in [1.29, 1.82) is 0 Å². The van der Waals surface area contributed by atoms with Crippen LogP contribution in [0.3, 0.4) is 0 Å². The maximum Gasteiger partial charge on any atom is 0.266 e. The van der Waals surface area contributed by atoms with E-state index in [1.165, 1.54) is 7.11 Å². The van der Waals surface area contributed by atoms with E-state index in [0.717, 1.165) is 11.1 Å². The Labute approximate surface area is 137 Å². The highest BCUT2D eigenvalue weighted by Gasteiger charge is 2.24. The van der Waals surface area contributed by atoms with Crippen LogP contribution in [0.4, 0.5) is 5.82 Å². The Kier molecular flexibility index (Phi) is 4.66. The van der Waals surface area contributed by atoms with E-state index in [4.69, 9.17) is 4.74 Å². The number of aryl methyl sites for hydroxylation is 1. The lowest BCUT2D eigenvalue weighted by Gasteiger charge is -2.21. The van der Waals surface area contributed by atoms with Gasteiger partial charge in [0, 0.05) is 6.20 Å². The highest BCUT2D eigenvalue weighted by molar-refractivity contribution is 7.92. The number of hydrogen-bond donors (Lipinski definition) is 1.